The normalized spacial score (nSPS) is 37.3. The summed E-state index contributed by atoms with van der Waals surface area (Å²) in [5.41, 5.74) is 1.37. The van der Waals surface area contributed by atoms with Gasteiger partial charge in [0.25, 0.3) is 0 Å². The van der Waals surface area contributed by atoms with Crippen LogP contribution in [0.15, 0.2) is 24.3 Å². The summed E-state index contributed by atoms with van der Waals surface area (Å²) in [7, 11) is 5.66. The maximum absolute atomic E-state index is 10.5. The summed E-state index contributed by atoms with van der Waals surface area (Å²) in [6, 6.07) is 6.78. The second-order valence-corrected chi connectivity index (χ2v) is 13.0. The van der Waals surface area contributed by atoms with E-state index in [0.717, 1.165) is 0 Å². The summed E-state index contributed by atoms with van der Waals surface area (Å²) >= 11 is 0. The molecule has 18 heteroatoms. The molecule has 0 radical (unpaired) electrons. The first-order chi connectivity index (χ1) is 25.0. The van der Waals surface area contributed by atoms with Crippen LogP contribution in [0.25, 0.3) is 0 Å². The van der Waals surface area contributed by atoms with Gasteiger partial charge < -0.3 is 88.2 Å². The van der Waals surface area contributed by atoms with Crippen LogP contribution in [0.1, 0.15) is 23.3 Å². The highest BCUT2D eigenvalue weighted by Crippen LogP contribution is 2.54. The van der Waals surface area contributed by atoms with Gasteiger partial charge in [0, 0.05) is 11.8 Å². The van der Waals surface area contributed by atoms with E-state index in [1.165, 1.54) is 28.4 Å². The first-order valence-corrected chi connectivity index (χ1v) is 16.7. The first kappa shape index (κ1) is 38.5. The highest BCUT2D eigenvalue weighted by atomic mass is 16.7. The van der Waals surface area contributed by atoms with Crippen molar-refractivity contribution in [1.29, 1.82) is 0 Å². The third-order valence-corrected chi connectivity index (χ3v) is 10.1. The van der Waals surface area contributed by atoms with E-state index >= 15 is 0 Å². The average molecular weight is 743 g/mol. The summed E-state index contributed by atoms with van der Waals surface area (Å²) in [6.45, 7) is -0.604. The highest BCUT2D eigenvalue weighted by Gasteiger charge is 2.50. The minimum absolute atomic E-state index is 0.0541. The molecule has 2 aromatic carbocycles. The molecule has 8 N–H and O–H groups in total. The second-order valence-electron chi connectivity index (χ2n) is 13.0. The topological polar surface area (TPSA) is 254 Å². The molecule has 4 aliphatic heterocycles. The van der Waals surface area contributed by atoms with Gasteiger partial charge in [-0.25, -0.2) is 0 Å². The summed E-state index contributed by atoms with van der Waals surface area (Å²) in [6.07, 6.45) is -15.9. The van der Waals surface area contributed by atoms with Gasteiger partial charge in [0.1, 0.15) is 48.8 Å². The minimum Gasteiger partial charge on any atom is -0.493 e. The highest BCUT2D eigenvalue weighted by molar-refractivity contribution is 5.56. The van der Waals surface area contributed by atoms with Crippen molar-refractivity contribution in [3.05, 3.63) is 35.4 Å². The van der Waals surface area contributed by atoms with Gasteiger partial charge in [-0.3, -0.25) is 0 Å². The van der Waals surface area contributed by atoms with Gasteiger partial charge in [-0.15, -0.1) is 0 Å². The van der Waals surface area contributed by atoms with Crippen LogP contribution < -0.4 is 28.4 Å². The zero-order chi connectivity index (χ0) is 37.4. The number of methoxy groups -OCH3 is 4. The molecule has 0 unspecified atom stereocenters. The predicted octanol–water partition coefficient (Wildman–Crippen LogP) is -1.85. The molecule has 2 aromatic rings. The molecule has 18 nitrogen and oxygen atoms in total. The van der Waals surface area contributed by atoms with E-state index in [2.05, 4.69) is 0 Å². The van der Waals surface area contributed by atoms with Crippen molar-refractivity contribution in [3.63, 3.8) is 0 Å². The molecule has 0 aromatic heterocycles. The lowest BCUT2D eigenvalue weighted by atomic mass is 9.84. The van der Waals surface area contributed by atoms with Gasteiger partial charge in [-0.05, 0) is 35.4 Å². The Labute approximate surface area is 298 Å². The summed E-state index contributed by atoms with van der Waals surface area (Å²) in [5, 5.41) is 81.0. The van der Waals surface area contributed by atoms with E-state index in [1.807, 2.05) is 0 Å². The molecular weight excluding hydrogens is 696 g/mol. The van der Waals surface area contributed by atoms with Crippen LogP contribution in [0.5, 0.6) is 34.5 Å². The SMILES string of the molecule is COc1cc([C@@H]2OC[C@H]3[C@@H]2CO[C@@H]3c2cc(OC)c(O[C@@H]3O[C@H](CO)[C@@H](O)[C@H](O)[C@H]3O)c(OC)c2)cc(OC)c1O[C@H]1O[C@@H](CO)[C@H](O)[C@@H](O)[C@@H]1O. The van der Waals surface area contributed by atoms with E-state index < -0.39 is 86.8 Å². The monoisotopic (exact) mass is 742 g/mol. The molecule has 290 valence electrons. The summed E-state index contributed by atoms with van der Waals surface area (Å²) in [5.74, 6) is 0.683. The fourth-order valence-corrected chi connectivity index (χ4v) is 7.16. The molecule has 0 spiro atoms. The van der Waals surface area contributed by atoms with E-state index in [1.54, 1.807) is 24.3 Å². The molecule has 0 aliphatic carbocycles. The standard InChI is InChI=1S/C34H46O18/c1-43-17-5-13(6-18(44-2)31(17)51-33-27(41)25(39)23(37)21(9-35)49-33)29-15-11-48-30(16(15)12-47-29)14-7-19(45-3)32(20(8-14)46-4)52-34-28(42)26(40)24(38)22(10-36)50-34/h5-8,15-16,21-30,33-42H,9-12H2,1-4H3/t15-,16-,21-,22+,23-,24+,25+,26-,27-,28+,29-,30+,33+,34-/m0/s1. The van der Waals surface area contributed by atoms with Crippen LogP contribution in [-0.2, 0) is 18.9 Å². The molecule has 6 rings (SSSR count). The number of hydrogen-bond acceptors (Lipinski definition) is 18. The molecule has 0 bridgehead atoms. The van der Waals surface area contributed by atoms with Gasteiger partial charge >= 0.3 is 0 Å². The minimum atomic E-state index is -1.65. The Morgan fingerprint density at radius 2 is 0.846 bits per heavy atom. The Hall–Kier alpha value is -3.24. The molecule has 52 heavy (non-hydrogen) atoms. The maximum Gasteiger partial charge on any atom is 0.229 e. The zero-order valence-corrected chi connectivity index (χ0v) is 28.9. The van der Waals surface area contributed by atoms with Crippen molar-refractivity contribution in [2.75, 3.05) is 54.9 Å². The summed E-state index contributed by atoms with van der Waals surface area (Å²) < 4.78 is 58.0. The average Bonchev–Trinajstić information content (AvgIpc) is 3.78. The Kier molecular flexibility index (Phi) is 11.8. The summed E-state index contributed by atoms with van der Waals surface area (Å²) in [4.78, 5) is 0. The molecule has 4 aliphatic rings. The fraction of sp³-hybridized carbons (Fsp3) is 0.647. The molecule has 4 heterocycles. The number of aliphatic hydroxyl groups excluding tert-OH is 8. The van der Waals surface area contributed by atoms with Crippen LogP contribution in [0, 0.1) is 11.8 Å². The predicted molar refractivity (Wildman–Crippen MR) is 172 cm³/mol. The Morgan fingerprint density at radius 3 is 1.13 bits per heavy atom. The van der Waals surface area contributed by atoms with Gasteiger partial charge in [0.2, 0.25) is 24.1 Å². The van der Waals surface area contributed by atoms with Crippen molar-refractivity contribution in [1.82, 2.24) is 0 Å². The third-order valence-electron chi connectivity index (χ3n) is 10.1. The first-order valence-electron chi connectivity index (χ1n) is 16.7. The molecule has 4 fully saturated rings. The molecule has 0 saturated carbocycles. The molecule has 4 saturated heterocycles. The Balaban J connectivity index is 1.22. The van der Waals surface area contributed by atoms with E-state index in [-0.39, 0.29) is 46.3 Å². The van der Waals surface area contributed by atoms with E-state index in [0.29, 0.717) is 24.3 Å². The van der Waals surface area contributed by atoms with Crippen molar-refractivity contribution in [3.8, 4) is 34.5 Å². The van der Waals surface area contributed by atoms with Crippen LogP contribution >= 0.6 is 0 Å². The number of fused-ring (bicyclic) bond motifs is 1. The quantitative estimate of drug-likeness (QED) is 0.119. The largest absolute Gasteiger partial charge is 0.493 e. The van der Waals surface area contributed by atoms with Crippen LogP contribution in [0.3, 0.4) is 0 Å². The number of hydrogen-bond donors (Lipinski definition) is 8. The molecular formula is C34H46O18. The van der Waals surface area contributed by atoms with Gasteiger partial charge in [-0.1, -0.05) is 0 Å². The van der Waals surface area contributed by atoms with Gasteiger partial charge in [0.15, 0.2) is 23.0 Å². The van der Waals surface area contributed by atoms with Crippen molar-refractivity contribution >= 4 is 0 Å². The lowest BCUT2D eigenvalue weighted by Gasteiger charge is -2.39. The van der Waals surface area contributed by atoms with Crippen molar-refractivity contribution in [2.24, 2.45) is 11.8 Å². The van der Waals surface area contributed by atoms with Crippen LogP contribution in [0.4, 0.5) is 0 Å². The van der Waals surface area contributed by atoms with Crippen molar-refractivity contribution < 1.29 is 88.2 Å². The number of benzene rings is 2. The van der Waals surface area contributed by atoms with Crippen LogP contribution in [0.2, 0.25) is 0 Å². The van der Waals surface area contributed by atoms with E-state index in [9.17, 15) is 40.9 Å². The van der Waals surface area contributed by atoms with Crippen molar-refractivity contribution in [2.45, 2.75) is 73.6 Å². The maximum atomic E-state index is 10.5. The zero-order valence-electron chi connectivity index (χ0n) is 28.9. The Bertz CT molecular complexity index is 1360. The van der Waals surface area contributed by atoms with E-state index in [4.69, 9.17) is 47.4 Å². The smallest absolute Gasteiger partial charge is 0.229 e. The number of ether oxygens (including phenoxy) is 10. The molecule has 0 amide bonds. The fourth-order valence-electron chi connectivity index (χ4n) is 7.16. The van der Waals surface area contributed by atoms with Crippen LogP contribution in [-0.4, -0.2) is 157 Å². The number of aliphatic hydroxyl groups is 8. The number of rotatable bonds is 12. The lowest BCUT2D eigenvalue weighted by Crippen LogP contribution is -2.60. The second kappa shape index (κ2) is 16.0. The lowest BCUT2D eigenvalue weighted by molar-refractivity contribution is -0.277. The van der Waals surface area contributed by atoms with Gasteiger partial charge in [0.05, 0.1) is 67.1 Å². The Morgan fingerprint density at radius 1 is 0.519 bits per heavy atom. The third kappa shape index (κ3) is 6.94. The van der Waals surface area contributed by atoms with Gasteiger partial charge in [-0.2, -0.15) is 0 Å². The molecule has 14 atom stereocenters.